The lowest BCUT2D eigenvalue weighted by Gasteiger charge is -2.33. The Morgan fingerprint density at radius 1 is 1.39 bits per heavy atom. The average molecular weight is 248 g/mol. The highest BCUT2D eigenvalue weighted by Crippen LogP contribution is 2.21. The molecule has 1 aromatic heterocycles. The van der Waals surface area contributed by atoms with E-state index in [1.165, 1.54) is 25.8 Å². The number of rotatable bonds is 5. The first-order chi connectivity index (χ1) is 8.79. The Hall–Kier alpha value is -1.16. The Bertz CT molecular complexity index is 359. The highest BCUT2D eigenvalue weighted by atomic mass is 15.2. The molecule has 0 aliphatic carbocycles. The summed E-state index contributed by atoms with van der Waals surface area (Å²) in [4.78, 5) is 11.0. The molecule has 0 aromatic carbocycles. The average Bonchev–Trinajstić information content (AvgIpc) is 2.40. The monoisotopic (exact) mass is 248 g/mol. The molecule has 100 valence electrons. The molecule has 4 nitrogen and oxygen atoms in total. The van der Waals surface area contributed by atoms with Crippen molar-refractivity contribution < 1.29 is 0 Å². The van der Waals surface area contributed by atoms with Gasteiger partial charge in [0.1, 0.15) is 11.6 Å². The third-order valence-electron chi connectivity index (χ3n) is 3.56. The van der Waals surface area contributed by atoms with Crippen LogP contribution in [0.3, 0.4) is 0 Å². The smallest absolute Gasteiger partial charge is 0.132 e. The molecule has 1 aliphatic heterocycles. The molecule has 0 atom stereocenters. The highest BCUT2D eigenvalue weighted by molar-refractivity contribution is 5.37. The maximum Gasteiger partial charge on any atom is 0.132 e. The molecule has 0 amide bonds. The molecule has 18 heavy (non-hydrogen) atoms. The van der Waals surface area contributed by atoms with Crippen LogP contribution >= 0.6 is 0 Å². The summed E-state index contributed by atoms with van der Waals surface area (Å²) in [6, 6.07) is 2.02. The zero-order valence-corrected chi connectivity index (χ0v) is 11.5. The minimum atomic E-state index is 0.829. The molecule has 1 aromatic rings. The van der Waals surface area contributed by atoms with Crippen molar-refractivity contribution in [3.05, 3.63) is 18.1 Å². The van der Waals surface area contributed by atoms with Crippen LogP contribution in [-0.2, 0) is 0 Å². The van der Waals surface area contributed by atoms with Crippen molar-refractivity contribution in [3.63, 3.8) is 0 Å². The molecule has 2 heterocycles. The van der Waals surface area contributed by atoms with Crippen molar-refractivity contribution >= 4 is 5.82 Å². The van der Waals surface area contributed by atoms with Gasteiger partial charge in [-0.2, -0.15) is 0 Å². The van der Waals surface area contributed by atoms with Gasteiger partial charge in [0.15, 0.2) is 0 Å². The quantitative estimate of drug-likeness (QED) is 0.809. The summed E-state index contributed by atoms with van der Waals surface area (Å²) >= 11 is 0. The van der Waals surface area contributed by atoms with Crippen molar-refractivity contribution in [2.24, 2.45) is 5.92 Å². The summed E-state index contributed by atoms with van der Waals surface area (Å²) in [6.45, 7) is 8.72. The molecule has 0 spiro atoms. The van der Waals surface area contributed by atoms with Crippen LogP contribution in [0.5, 0.6) is 0 Å². The number of hydrogen-bond acceptors (Lipinski definition) is 4. The van der Waals surface area contributed by atoms with Gasteiger partial charge < -0.3 is 10.2 Å². The van der Waals surface area contributed by atoms with Crippen LogP contribution < -0.4 is 10.2 Å². The Morgan fingerprint density at radius 2 is 2.17 bits per heavy atom. The molecule has 1 aliphatic rings. The molecule has 4 heteroatoms. The summed E-state index contributed by atoms with van der Waals surface area (Å²) in [6.07, 6.45) is 5.60. The van der Waals surface area contributed by atoms with Crippen LogP contribution in [0.1, 0.15) is 32.0 Å². The molecule has 0 bridgehead atoms. The van der Waals surface area contributed by atoms with Gasteiger partial charge in [-0.3, -0.25) is 0 Å². The maximum atomic E-state index is 4.50. The van der Waals surface area contributed by atoms with Gasteiger partial charge in [-0.15, -0.1) is 0 Å². The predicted molar refractivity (Wildman–Crippen MR) is 74.9 cm³/mol. The Balaban J connectivity index is 1.79. The minimum absolute atomic E-state index is 0.829. The lowest BCUT2D eigenvalue weighted by Crippen LogP contribution is -2.37. The summed E-state index contributed by atoms with van der Waals surface area (Å²) < 4.78 is 0. The second-order valence-electron chi connectivity index (χ2n) is 5.10. The lowest BCUT2D eigenvalue weighted by molar-refractivity contribution is 0.382. The minimum Gasteiger partial charge on any atom is -0.356 e. The van der Waals surface area contributed by atoms with E-state index in [0.29, 0.717) is 0 Å². The molecular formula is C14H24N4. The lowest BCUT2D eigenvalue weighted by atomic mass is 9.97. The molecule has 0 unspecified atom stereocenters. The van der Waals surface area contributed by atoms with E-state index < -0.39 is 0 Å². The fourth-order valence-electron chi connectivity index (χ4n) is 2.47. The molecule has 0 radical (unpaired) electrons. The van der Waals surface area contributed by atoms with Gasteiger partial charge in [-0.05, 0) is 51.3 Å². The molecule has 0 saturated carbocycles. The Morgan fingerprint density at radius 3 is 2.83 bits per heavy atom. The van der Waals surface area contributed by atoms with E-state index >= 15 is 0 Å². The summed E-state index contributed by atoms with van der Waals surface area (Å²) in [7, 11) is 0. The van der Waals surface area contributed by atoms with Crippen LogP contribution in [-0.4, -0.2) is 36.1 Å². The zero-order chi connectivity index (χ0) is 12.8. The Labute approximate surface area is 110 Å². The SMILES string of the molecule is CCCNCC1CCN(c2ccnc(C)n2)CC1. The summed E-state index contributed by atoms with van der Waals surface area (Å²) in [5.41, 5.74) is 0. The third-order valence-corrected chi connectivity index (χ3v) is 3.56. The van der Waals surface area contributed by atoms with Crippen LogP contribution in [0.2, 0.25) is 0 Å². The van der Waals surface area contributed by atoms with Gasteiger partial charge in [0.2, 0.25) is 0 Å². The Kier molecular flexibility index (Phi) is 4.93. The molecule has 2 rings (SSSR count). The van der Waals surface area contributed by atoms with Gasteiger partial charge >= 0.3 is 0 Å². The van der Waals surface area contributed by atoms with E-state index in [1.807, 2.05) is 19.2 Å². The first-order valence-electron chi connectivity index (χ1n) is 7.05. The number of anilines is 1. The summed E-state index contributed by atoms with van der Waals surface area (Å²) in [5.74, 6) is 2.78. The van der Waals surface area contributed by atoms with Gasteiger partial charge in [-0.1, -0.05) is 6.92 Å². The van der Waals surface area contributed by atoms with Crippen molar-refractivity contribution in [2.45, 2.75) is 33.1 Å². The summed E-state index contributed by atoms with van der Waals surface area (Å²) in [5, 5.41) is 3.52. The van der Waals surface area contributed by atoms with Crippen molar-refractivity contribution in [1.82, 2.24) is 15.3 Å². The fourth-order valence-corrected chi connectivity index (χ4v) is 2.47. The normalized spacial score (nSPS) is 17.1. The third kappa shape index (κ3) is 3.67. The molecule has 1 N–H and O–H groups in total. The largest absolute Gasteiger partial charge is 0.356 e. The molecule has 1 fully saturated rings. The molecule has 1 saturated heterocycles. The number of aromatic nitrogens is 2. The van der Waals surface area contributed by atoms with E-state index in [0.717, 1.165) is 37.2 Å². The van der Waals surface area contributed by atoms with E-state index in [2.05, 4.69) is 27.1 Å². The first kappa shape index (κ1) is 13.3. The number of nitrogens with zero attached hydrogens (tertiary/aromatic N) is 3. The van der Waals surface area contributed by atoms with Crippen LogP contribution in [0.15, 0.2) is 12.3 Å². The number of aryl methyl sites for hydroxylation is 1. The zero-order valence-electron chi connectivity index (χ0n) is 11.5. The van der Waals surface area contributed by atoms with E-state index in [9.17, 15) is 0 Å². The van der Waals surface area contributed by atoms with Crippen molar-refractivity contribution in [1.29, 1.82) is 0 Å². The van der Waals surface area contributed by atoms with Gasteiger partial charge in [0.25, 0.3) is 0 Å². The van der Waals surface area contributed by atoms with Crippen LogP contribution in [0.4, 0.5) is 5.82 Å². The fraction of sp³-hybridized carbons (Fsp3) is 0.714. The first-order valence-corrected chi connectivity index (χ1v) is 7.05. The maximum absolute atomic E-state index is 4.50. The van der Waals surface area contributed by atoms with Crippen molar-refractivity contribution in [3.8, 4) is 0 Å². The number of hydrogen-bond donors (Lipinski definition) is 1. The van der Waals surface area contributed by atoms with E-state index in [4.69, 9.17) is 0 Å². The van der Waals surface area contributed by atoms with Crippen LogP contribution in [0, 0.1) is 12.8 Å². The number of nitrogens with one attached hydrogen (secondary N) is 1. The van der Waals surface area contributed by atoms with Gasteiger partial charge in [-0.25, -0.2) is 9.97 Å². The second kappa shape index (κ2) is 6.69. The van der Waals surface area contributed by atoms with Crippen molar-refractivity contribution in [2.75, 3.05) is 31.1 Å². The topological polar surface area (TPSA) is 41.0 Å². The van der Waals surface area contributed by atoms with E-state index in [1.54, 1.807) is 0 Å². The number of piperidine rings is 1. The van der Waals surface area contributed by atoms with E-state index in [-0.39, 0.29) is 0 Å². The standard InChI is InChI=1S/C14H24N4/c1-3-7-15-11-13-5-9-18(10-6-13)14-4-8-16-12(2)17-14/h4,8,13,15H,3,5-7,9-11H2,1-2H3. The highest BCUT2D eigenvalue weighted by Gasteiger charge is 2.19. The second-order valence-corrected chi connectivity index (χ2v) is 5.10. The predicted octanol–water partition coefficient (Wildman–Crippen LogP) is 2.00. The molecular weight excluding hydrogens is 224 g/mol. The van der Waals surface area contributed by atoms with Crippen LogP contribution in [0.25, 0.3) is 0 Å². The van der Waals surface area contributed by atoms with Gasteiger partial charge in [0.05, 0.1) is 0 Å². The van der Waals surface area contributed by atoms with Gasteiger partial charge in [0, 0.05) is 19.3 Å².